The van der Waals surface area contributed by atoms with E-state index in [2.05, 4.69) is 10.3 Å². The molecule has 0 saturated carbocycles. The first-order chi connectivity index (χ1) is 9.08. The maximum Gasteiger partial charge on any atom is 0.256 e. The smallest absolute Gasteiger partial charge is 0.256 e. The number of nitrogens with two attached hydrogens (primary N) is 1. The predicted octanol–water partition coefficient (Wildman–Crippen LogP) is 1.14. The molecular weight excluding hydrogens is 246 g/mol. The minimum Gasteiger partial charge on any atom is -0.504 e. The lowest BCUT2D eigenvalue weighted by Crippen LogP contribution is -2.15. The maximum absolute atomic E-state index is 11.9. The average molecular weight is 257 g/mol. The lowest BCUT2D eigenvalue weighted by molar-refractivity contribution is 0.1000. The number of nitrogens with zero attached hydrogens (tertiary/aromatic N) is 1. The number of pyridine rings is 1. The molecule has 2 amide bonds. The summed E-state index contributed by atoms with van der Waals surface area (Å²) in [5, 5.41) is 11.9. The topological polar surface area (TPSA) is 105 Å². The quantitative estimate of drug-likeness (QED) is 0.766. The Balaban J connectivity index is 2.23. The van der Waals surface area contributed by atoms with E-state index >= 15 is 0 Å². The van der Waals surface area contributed by atoms with E-state index in [9.17, 15) is 14.7 Å². The van der Waals surface area contributed by atoms with E-state index in [-0.39, 0.29) is 22.7 Å². The number of aromatic hydroxyl groups is 1. The van der Waals surface area contributed by atoms with Crippen molar-refractivity contribution in [2.24, 2.45) is 5.73 Å². The molecule has 0 aliphatic heterocycles. The molecule has 0 aliphatic rings. The Labute approximate surface area is 108 Å². The van der Waals surface area contributed by atoms with Crippen LogP contribution < -0.4 is 11.1 Å². The third-order valence-electron chi connectivity index (χ3n) is 2.43. The summed E-state index contributed by atoms with van der Waals surface area (Å²) >= 11 is 0. The molecule has 0 saturated heterocycles. The van der Waals surface area contributed by atoms with Gasteiger partial charge in [-0.1, -0.05) is 6.07 Å². The highest BCUT2D eigenvalue weighted by molar-refractivity contribution is 6.06. The van der Waals surface area contributed by atoms with Gasteiger partial charge in [-0.25, -0.2) is 4.98 Å². The zero-order valence-electron chi connectivity index (χ0n) is 9.83. The van der Waals surface area contributed by atoms with Crippen molar-refractivity contribution in [3.63, 3.8) is 0 Å². The summed E-state index contributed by atoms with van der Waals surface area (Å²) in [4.78, 5) is 26.8. The lowest BCUT2D eigenvalue weighted by atomic mass is 10.1. The third kappa shape index (κ3) is 2.86. The van der Waals surface area contributed by atoms with Gasteiger partial charge < -0.3 is 16.2 Å². The van der Waals surface area contributed by atoms with Crippen LogP contribution in [0.5, 0.6) is 5.75 Å². The van der Waals surface area contributed by atoms with Crippen LogP contribution in [0.15, 0.2) is 42.6 Å². The van der Waals surface area contributed by atoms with Gasteiger partial charge in [0.15, 0.2) is 11.6 Å². The van der Waals surface area contributed by atoms with Crippen molar-refractivity contribution in [1.29, 1.82) is 0 Å². The summed E-state index contributed by atoms with van der Waals surface area (Å²) in [6.07, 6.45) is 1.44. The Morgan fingerprint density at radius 1 is 1.16 bits per heavy atom. The van der Waals surface area contributed by atoms with Crippen molar-refractivity contribution in [2.75, 3.05) is 5.32 Å². The van der Waals surface area contributed by atoms with E-state index in [1.807, 2.05) is 0 Å². The minimum absolute atomic E-state index is 0.0528. The Bertz CT molecular complexity index is 641. The van der Waals surface area contributed by atoms with Crippen LogP contribution in [0.4, 0.5) is 5.82 Å². The highest BCUT2D eigenvalue weighted by Gasteiger charge is 2.11. The van der Waals surface area contributed by atoms with Crippen LogP contribution in [0.25, 0.3) is 0 Å². The Kier molecular flexibility index (Phi) is 3.42. The number of anilines is 1. The number of benzene rings is 1. The van der Waals surface area contributed by atoms with E-state index in [1.165, 1.54) is 30.5 Å². The van der Waals surface area contributed by atoms with Gasteiger partial charge in [0.1, 0.15) is 0 Å². The van der Waals surface area contributed by atoms with E-state index in [4.69, 9.17) is 5.73 Å². The molecule has 96 valence electrons. The monoisotopic (exact) mass is 257 g/mol. The van der Waals surface area contributed by atoms with Crippen LogP contribution in [0, 0.1) is 0 Å². The molecule has 2 rings (SSSR count). The van der Waals surface area contributed by atoms with Crippen LogP contribution >= 0.6 is 0 Å². The van der Waals surface area contributed by atoms with Crippen LogP contribution in [0.3, 0.4) is 0 Å². The fraction of sp³-hybridized carbons (Fsp3) is 0. The molecule has 0 atom stereocenters. The highest BCUT2D eigenvalue weighted by atomic mass is 16.3. The summed E-state index contributed by atoms with van der Waals surface area (Å²) in [6.45, 7) is 0. The molecule has 2 aromatic rings. The SMILES string of the molecule is NC(=O)c1cccc(C(=O)Nc2ncccc2O)c1. The summed E-state index contributed by atoms with van der Waals surface area (Å²) in [6, 6.07) is 8.91. The van der Waals surface area contributed by atoms with Gasteiger partial charge in [0.25, 0.3) is 5.91 Å². The first kappa shape index (κ1) is 12.6. The second-order valence-electron chi connectivity index (χ2n) is 3.77. The highest BCUT2D eigenvalue weighted by Crippen LogP contribution is 2.19. The van der Waals surface area contributed by atoms with Gasteiger partial charge >= 0.3 is 0 Å². The molecule has 6 heteroatoms. The van der Waals surface area contributed by atoms with Crippen LogP contribution in [0.2, 0.25) is 0 Å². The number of carbonyl (C=O) groups is 2. The molecule has 1 aromatic heterocycles. The van der Waals surface area contributed by atoms with Gasteiger partial charge in [-0.15, -0.1) is 0 Å². The molecule has 1 aromatic carbocycles. The number of aromatic nitrogens is 1. The number of rotatable bonds is 3. The molecule has 0 aliphatic carbocycles. The Morgan fingerprint density at radius 2 is 1.89 bits per heavy atom. The Morgan fingerprint density at radius 3 is 2.58 bits per heavy atom. The number of hydrogen-bond acceptors (Lipinski definition) is 4. The molecule has 19 heavy (non-hydrogen) atoms. The first-order valence-corrected chi connectivity index (χ1v) is 5.43. The molecule has 0 bridgehead atoms. The predicted molar refractivity (Wildman–Crippen MR) is 68.8 cm³/mol. The zero-order chi connectivity index (χ0) is 13.8. The molecule has 4 N–H and O–H groups in total. The van der Waals surface area contributed by atoms with Crippen molar-refractivity contribution in [1.82, 2.24) is 4.98 Å². The van der Waals surface area contributed by atoms with E-state index < -0.39 is 11.8 Å². The van der Waals surface area contributed by atoms with Crippen LogP contribution in [0.1, 0.15) is 20.7 Å². The van der Waals surface area contributed by atoms with Crippen molar-refractivity contribution in [2.45, 2.75) is 0 Å². The maximum atomic E-state index is 11.9. The summed E-state index contributed by atoms with van der Waals surface area (Å²) in [5.74, 6) is -1.19. The van der Waals surface area contributed by atoms with E-state index in [0.29, 0.717) is 0 Å². The van der Waals surface area contributed by atoms with E-state index in [0.717, 1.165) is 0 Å². The summed E-state index contributed by atoms with van der Waals surface area (Å²) in [7, 11) is 0. The fourth-order valence-electron chi connectivity index (χ4n) is 1.49. The fourth-order valence-corrected chi connectivity index (χ4v) is 1.49. The normalized spacial score (nSPS) is 9.89. The van der Waals surface area contributed by atoms with Gasteiger partial charge in [-0.2, -0.15) is 0 Å². The van der Waals surface area contributed by atoms with Gasteiger partial charge in [0.2, 0.25) is 5.91 Å². The average Bonchev–Trinajstić information content (AvgIpc) is 2.41. The van der Waals surface area contributed by atoms with Gasteiger partial charge in [-0.05, 0) is 30.3 Å². The van der Waals surface area contributed by atoms with Crippen molar-refractivity contribution in [3.8, 4) is 5.75 Å². The molecule has 0 spiro atoms. The lowest BCUT2D eigenvalue weighted by Gasteiger charge is -2.06. The van der Waals surface area contributed by atoms with Crippen molar-refractivity contribution in [3.05, 3.63) is 53.7 Å². The standard InChI is InChI=1S/C13H11N3O3/c14-11(18)8-3-1-4-9(7-8)13(19)16-12-10(17)5-2-6-15-12/h1-7,17H,(H2,14,18)(H,15,16,19). The second kappa shape index (κ2) is 5.18. The molecule has 0 fully saturated rings. The van der Waals surface area contributed by atoms with Gasteiger partial charge in [-0.3, -0.25) is 9.59 Å². The number of amides is 2. The largest absolute Gasteiger partial charge is 0.504 e. The second-order valence-corrected chi connectivity index (χ2v) is 3.77. The number of carbonyl (C=O) groups excluding carboxylic acids is 2. The molecule has 6 nitrogen and oxygen atoms in total. The Hall–Kier alpha value is -2.89. The number of primary amides is 1. The summed E-state index contributed by atoms with van der Waals surface area (Å²) < 4.78 is 0. The number of nitrogens with one attached hydrogen (secondary N) is 1. The van der Waals surface area contributed by atoms with Crippen LogP contribution in [-0.2, 0) is 0 Å². The van der Waals surface area contributed by atoms with Crippen LogP contribution in [-0.4, -0.2) is 21.9 Å². The summed E-state index contributed by atoms with van der Waals surface area (Å²) in [5.41, 5.74) is 5.62. The minimum atomic E-state index is -0.615. The molecule has 1 heterocycles. The molecule has 0 unspecified atom stereocenters. The first-order valence-electron chi connectivity index (χ1n) is 5.43. The third-order valence-corrected chi connectivity index (χ3v) is 2.43. The zero-order valence-corrected chi connectivity index (χ0v) is 9.83. The molecule has 0 radical (unpaired) electrons. The van der Waals surface area contributed by atoms with Crippen molar-refractivity contribution < 1.29 is 14.7 Å². The number of hydrogen-bond donors (Lipinski definition) is 3. The van der Waals surface area contributed by atoms with Gasteiger partial charge in [0, 0.05) is 17.3 Å². The van der Waals surface area contributed by atoms with E-state index in [1.54, 1.807) is 12.1 Å². The van der Waals surface area contributed by atoms with Crippen molar-refractivity contribution >= 4 is 17.6 Å². The van der Waals surface area contributed by atoms with Gasteiger partial charge in [0.05, 0.1) is 0 Å². The molecular formula is C13H11N3O3.